The maximum Gasteiger partial charge on any atom is 0.214 e. The monoisotopic (exact) mass is 308 g/mol. The van der Waals surface area contributed by atoms with Crippen molar-refractivity contribution in [3.63, 3.8) is 0 Å². The van der Waals surface area contributed by atoms with Gasteiger partial charge < -0.3 is 5.32 Å². The zero-order chi connectivity index (χ0) is 15.0. The van der Waals surface area contributed by atoms with Crippen molar-refractivity contribution in [3.05, 3.63) is 34.9 Å². The third-order valence-corrected chi connectivity index (χ3v) is 6.63. The third-order valence-electron chi connectivity index (χ3n) is 4.68. The van der Waals surface area contributed by atoms with Gasteiger partial charge in [-0.1, -0.05) is 30.7 Å². The Morgan fingerprint density at radius 2 is 2.19 bits per heavy atom. The zero-order valence-corrected chi connectivity index (χ0v) is 13.6. The van der Waals surface area contributed by atoms with Crippen LogP contribution >= 0.6 is 0 Å². The highest BCUT2D eigenvalue weighted by molar-refractivity contribution is 7.89. The predicted octanol–water partition coefficient (Wildman–Crippen LogP) is 1.85. The van der Waals surface area contributed by atoms with E-state index in [1.54, 1.807) is 4.31 Å². The molecule has 1 aliphatic heterocycles. The summed E-state index contributed by atoms with van der Waals surface area (Å²) in [5.41, 5.74) is 4.11. The van der Waals surface area contributed by atoms with E-state index in [2.05, 4.69) is 37.4 Å². The molecule has 1 aliphatic carbocycles. The molecule has 0 radical (unpaired) electrons. The van der Waals surface area contributed by atoms with Crippen LogP contribution in [0, 0.1) is 12.8 Å². The number of benzene rings is 1. The van der Waals surface area contributed by atoms with Crippen LogP contribution in [0.1, 0.15) is 36.1 Å². The first-order chi connectivity index (χ1) is 9.97. The number of aryl methyl sites for hydroxylation is 1. The molecule has 0 aromatic heterocycles. The molecule has 0 spiro atoms. The highest BCUT2D eigenvalue weighted by atomic mass is 32.2. The van der Waals surface area contributed by atoms with Gasteiger partial charge in [0, 0.05) is 25.7 Å². The number of hydrogen-bond donors (Lipinski definition) is 1. The van der Waals surface area contributed by atoms with Crippen LogP contribution < -0.4 is 5.32 Å². The van der Waals surface area contributed by atoms with E-state index >= 15 is 0 Å². The summed E-state index contributed by atoms with van der Waals surface area (Å²) in [5, 5.41) is 3.57. The summed E-state index contributed by atoms with van der Waals surface area (Å²) in [4.78, 5) is 0. The summed E-state index contributed by atoms with van der Waals surface area (Å²) in [6.45, 7) is 6.38. The van der Waals surface area contributed by atoms with Crippen molar-refractivity contribution in [2.45, 2.75) is 32.7 Å². The van der Waals surface area contributed by atoms with Crippen LogP contribution in [0.15, 0.2) is 18.2 Å². The normalized spacial score (nSPS) is 27.9. The Balaban J connectivity index is 1.63. The van der Waals surface area contributed by atoms with Crippen molar-refractivity contribution in [3.8, 4) is 0 Å². The molecule has 1 N–H and O–H groups in total. The quantitative estimate of drug-likeness (QED) is 0.923. The summed E-state index contributed by atoms with van der Waals surface area (Å²) >= 11 is 0. The van der Waals surface area contributed by atoms with Gasteiger partial charge in [0.2, 0.25) is 10.0 Å². The molecular weight excluding hydrogens is 284 g/mol. The summed E-state index contributed by atoms with van der Waals surface area (Å²) in [5.74, 6) is 0.881. The van der Waals surface area contributed by atoms with Crippen LogP contribution in [0.25, 0.3) is 0 Å². The highest BCUT2D eigenvalue weighted by Crippen LogP contribution is 2.36. The standard InChI is InChI=1S/C16H24N2O2S/c1-12-4-5-14-11-13(2)16(15(14)10-12)17-6-8-18-7-3-9-21(18,19)20/h4-5,10,13,16-17H,3,6-9,11H2,1-2H3/t13-,16+/m0/s1. The van der Waals surface area contributed by atoms with E-state index in [0.29, 0.717) is 30.8 Å². The van der Waals surface area contributed by atoms with Crippen molar-refractivity contribution in [1.29, 1.82) is 0 Å². The second-order valence-corrected chi connectivity index (χ2v) is 8.47. The van der Waals surface area contributed by atoms with Crippen molar-refractivity contribution in [2.75, 3.05) is 25.4 Å². The summed E-state index contributed by atoms with van der Waals surface area (Å²) in [7, 11) is -2.97. The van der Waals surface area contributed by atoms with E-state index in [0.717, 1.165) is 19.4 Å². The molecule has 0 bridgehead atoms. The van der Waals surface area contributed by atoms with Gasteiger partial charge in [-0.15, -0.1) is 0 Å². The van der Waals surface area contributed by atoms with E-state index in [-0.39, 0.29) is 0 Å². The van der Waals surface area contributed by atoms with E-state index in [4.69, 9.17) is 0 Å². The first-order valence-corrected chi connectivity index (χ1v) is 9.39. The smallest absolute Gasteiger partial charge is 0.214 e. The fourth-order valence-electron chi connectivity index (χ4n) is 3.56. The maximum atomic E-state index is 11.8. The van der Waals surface area contributed by atoms with Gasteiger partial charge in [-0.25, -0.2) is 12.7 Å². The molecule has 116 valence electrons. The van der Waals surface area contributed by atoms with Crippen molar-refractivity contribution >= 4 is 10.0 Å². The Hall–Kier alpha value is -0.910. The Kier molecular flexibility index (Phi) is 4.08. The molecule has 1 aromatic carbocycles. The molecule has 4 nitrogen and oxygen atoms in total. The summed E-state index contributed by atoms with van der Waals surface area (Å²) in [6.07, 6.45) is 1.87. The van der Waals surface area contributed by atoms with Crippen LogP contribution in [0.5, 0.6) is 0 Å². The molecule has 3 rings (SSSR count). The number of nitrogens with one attached hydrogen (secondary N) is 1. The average Bonchev–Trinajstić information content (AvgIpc) is 2.90. The molecule has 1 aromatic rings. The van der Waals surface area contributed by atoms with Crippen LogP contribution in [0.3, 0.4) is 0 Å². The zero-order valence-electron chi connectivity index (χ0n) is 12.8. The summed E-state index contributed by atoms with van der Waals surface area (Å²) in [6, 6.07) is 7.02. The van der Waals surface area contributed by atoms with Gasteiger partial charge in [0.1, 0.15) is 0 Å². The number of sulfonamides is 1. The van der Waals surface area contributed by atoms with Gasteiger partial charge in [-0.3, -0.25) is 0 Å². The fourth-order valence-corrected chi connectivity index (χ4v) is 5.09. The molecule has 1 heterocycles. The third kappa shape index (κ3) is 3.00. The Bertz CT molecular complexity index is 627. The van der Waals surface area contributed by atoms with E-state index < -0.39 is 10.0 Å². The lowest BCUT2D eigenvalue weighted by Gasteiger charge is -2.21. The van der Waals surface area contributed by atoms with E-state index in [1.165, 1.54) is 16.7 Å². The van der Waals surface area contributed by atoms with E-state index in [1.807, 2.05) is 0 Å². The van der Waals surface area contributed by atoms with Gasteiger partial charge in [-0.05, 0) is 36.8 Å². The molecular formula is C16H24N2O2S. The minimum Gasteiger partial charge on any atom is -0.308 e. The van der Waals surface area contributed by atoms with E-state index in [9.17, 15) is 8.42 Å². The predicted molar refractivity (Wildman–Crippen MR) is 84.8 cm³/mol. The second-order valence-electron chi connectivity index (χ2n) is 6.38. The van der Waals surface area contributed by atoms with Crippen LogP contribution in [0.2, 0.25) is 0 Å². The minimum atomic E-state index is -2.97. The van der Waals surface area contributed by atoms with Gasteiger partial charge in [0.25, 0.3) is 0 Å². The lowest BCUT2D eigenvalue weighted by molar-refractivity contribution is 0.378. The Labute approximate surface area is 127 Å². The van der Waals surface area contributed by atoms with Crippen LogP contribution in [-0.2, 0) is 16.4 Å². The van der Waals surface area contributed by atoms with Gasteiger partial charge in [0.05, 0.1) is 5.75 Å². The second kappa shape index (κ2) is 5.71. The van der Waals surface area contributed by atoms with Crippen molar-refractivity contribution in [1.82, 2.24) is 9.62 Å². The number of fused-ring (bicyclic) bond motifs is 1. The first kappa shape index (κ1) is 15.0. The fraction of sp³-hybridized carbons (Fsp3) is 0.625. The summed E-state index contributed by atoms with van der Waals surface area (Å²) < 4.78 is 25.2. The maximum absolute atomic E-state index is 11.8. The number of hydrogen-bond acceptors (Lipinski definition) is 3. The lowest BCUT2D eigenvalue weighted by Crippen LogP contribution is -2.35. The lowest BCUT2D eigenvalue weighted by atomic mass is 10.0. The van der Waals surface area contributed by atoms with Gasteiger partial charge in [-0.2, -0.15) is 0 Å². The Morgan fingerprint density at radius 1 is 1.38 bits per heavy atom. The van der Waals surface area contributed by atoms with Crippen molar-refractivity contribution in [2.24, 2.45) is 5.92 Å². The Morgan fingerprint density at radius 3 is 2.90 bits per heavy atom. The molecule has 0 saturated carbocycles. The van der Waals surface area contributed by atoms with Crippen molar-refractivity contribution < 1.29 is 8.42 Å². The molecule has 0 unspecified atom stereocenters. The van der Waals surface area contributed by atoms with Gasteiger partial charge in [0.15, 0.2) is 0 Å². The molecule has 2 atom stereocenters. The molecule has 5 heteroatoms. The number of rotatable bonds is 4. The van der Waals surface area contributed by atoms with Crippen LogP contribution in [0.4, 0.5) is 0 Å². The molecule has 1 saturated heterocycles. The SMILES string of the molecule is Cc1ccc2c(c1)[C@H](NCCN1CCCS1(=O)=O)[C@@H](C)C2. The first-order valence-electron chi connectivity index (χ1n) is 7.78. The van der Waals surface area contributed by atoms with Crippen LogP contribution in [-0.4, -0.2) is 38.1 Å². The molecule has 1 fully saturated rings. The number of nitrogens with zero attached hydrogens (tertiary/aromatic N) is 1. The topological polar surface area (TPSA) is 49.4 Å². The van der Waals surface area contributed by atoms with Gasteiger partial charge >= 0.3 is 0 Å². The minimum absolute atomic E-state index is 0.314. The molecule has 21 heavy (non-hydrogen) atoms. The molecule has 2 aliphatic rings. The average molecular weight is 308 g/mol. The molecule has 0 amide bonds. The largest absolute Gasteiger partial charge is 0.308 e. The highest BCUT2D eigenvalue weighted by Gasteiger charge is 2.30.